The Bertz CT molecular complexity index is 788. The zero-order chi connectivity index (χ0) is 19.2. The minimum absolute atomic E-state index is 0.0899. The first-order valence-corrected chi connectivity index (χ1v) is 11.1. The summed E-state index contributed by atoms with van der Waals surface area (Å²) in [7, 11) is 0. The molecule has 0 unspecified atom stereocenters. The van der Waals surface area contributed by atoms with Gasteiger partial charge in [-0.2, -0.15) is 0 Å². The number of fused-ring (bicyclic) bond motifs is 1. The fourth-order valence-electron chi connectivity index (χ4n) is 3.34. The van der Waals surface area contributed by atoms with Gasteiger partial charge in [0.15, 0.2) is 0 Å². The molecule has 0 bridgehead atoms. The highest BCUT2D eigenvalue weighted by atomic mass is 79.9. The lowest BCUT2D eigenvalue weighted by Gasteiger charge is -2.13. The van der Waals surface area contributed by atoms with Crippen molar-refractivity contribution in [3.63, 3.8) is 0 Å². The number of aryl methyl sites for hydroxylation is 1. The number of rotatable bonds is 9. The van der Waals surface area contributed by atoms with E-state index in [1.54, 1.807) is 24.3 Å². The summed E-state index contributed by atoms with van der Waals surface area (Å²) in [4.78, 5) is 30.3. The highest BCUT2D eigenvalue weighted by molar-refractivity contribution is 9.24. The lowest BCUT2D eigenvalue weighted by molar-refractivity contribution is 0.0651. The summed E-state index contributed by atoms with van der Waals surface area (Å²) in [5.74, 6) is -0.304. The predicted octanol–water partition coefficient (Wildman–Crippen LogP) is 5.66. The van der Waals surface area contributed by atoms with E-state index in [1.165, 1.54) is 10.5 Å². The van der Waals surface area contributed by atoms with E-state index >= 15 is 0 Å². The molecule has 6 heteroatoms. The first-order valence-electron chi connectivity index (χ1n) is 9.26. The number of unbranched alkanes of at least 4 members (excludes halogenated alkanes) is 4. The van der Waals surface area contributed by atoms with Crippen LogP contribution in [0.3, 0.4) is 0 Å². The normalized spacial score (nSPS) is 13.5. The average Bonchev–Trinajstić information content (AvgIpc) is 2.92. The van der Waals surface area contributed by atoms with Gasteiger partial charge in [0.25, 0.3) is 11.8 Å². The van der Waals surface area contributed by atoms with Crippen LogP contribution in [0, 0.1) is 0 Å². The van der Waals surface area contributed by atoms with E-state index in [2.05, 4.69) is 49.0 Å². The summed E-state index contributed by atoms with van der Waals surface area (Å²) in [6.07, 6.45) is 8.17. The molecular weight excluding hydrogens is 472 g/mol. The Labute approximate surface area is 176 Å². The molecule has 2 aromatic rings. The third kappa shape index (κ3) is 5.05. The number of aromatic nitrogens is 1. The van der Waals surface area contributed by atoms with E-state index < -0.39 is 0 Å². The van der Waals surface area contributed by atoms with Crippen molar-refractivity contribution in [1.29, 1.82) is 0 Å². The van der Waals surface area contributed by atoms with Crippen LogP contribution < -0.4 is 0 Å². The van der Waals surface area contributed by atoms with Gasteiger partial charge in [0.05, 0.1) is 16.8 Å². The monoisotopic (exact) mass is 492 g/mol. The van der Waals surface area contributed by atoms with Gasteiger partial charge >= 0.3 is 0 Å². The van der Waals surface area contributed by atoms with E-state index in [0.717, 1.165) is 44.2 Å². The molecule has 0 radical (unpaired) electrons. The first-order chi connectivity index (χ1) is 13.1. The van der Waals surface area contributed by atoms with Crippen LogP contribution in [0.4, 0.5) is 0 Å². The minimum atomic E-state index is -0.152. The zero-order valence-electron chi connectivity index (χ0n) is 15.0. The van der Waals surface area contributed by atoms with Gasteiger partial charge in [-0.15, -0.1) is 0 Å². The summed E-state index contributed by atoms with van der Waals surface area (Å²) in [5, 5.41) is 0. The largest absolute Gasteiger partial charge is 0.274 e. The van der Waals surface area contributed by atoms with Gasteiger partial charge < -0.3 is 0 Å². The third-order valence-electron chi connectivity index (χ3n) is 4.79. The van der Waals surface area contributed by atoms with Crippen molar-refractivity contribution in [2.75, 3.05) is 6.54 Å². The second kappa shape index (κ2) is 9.60. The van der Waals surface area contributed by atoms with Crippen molar-refractivity contribution in [3.8, 4) is 0 Å². The molecule has 4 nitrogen and oxygen atoms in total. The Hall–Kier alpha value is -1.53. The fraction of sp³-hybridized carbons (Fsp3) is 0.381. The van der Waals surface area contributed by atoms with Crippen LogP contribution >= 0.6 is 31.9 Å². The maximum Gasteiger partial charge on any atom is 0.261 e. The van der Waals surface area contributed by atoms with Crippen LogP contribution in [-0.2, 0) is 6.42 Å². The molecule has 0 saturated carbocycles. The number of hydrogen-bond acceptors (Lipinski definition) is 3. The van der Waals surface area contributed by atoms with Crippen LogP contribution in [-0.4, -0.2) is 28.2 Å². The molecule has 142 valence electrons. The number of halogens is 2. The molecule has 1 aliphatic heterocycles. The molecule has 0 N–H and O–H groups in total. The highest BCUT2D eigenvalue weighted by Gasteiger charge is 2.34. The number of carbonyl (C=O) groups is 2. The van der Waals surface area contributed by atoms with Gasteiger partial charge in [-0.1, -0.05) is 63.3 Å². The van der Waals surface area contributed by atoms with Crippen molar-refractivity contribution >= 4 is 43.7 Å². The molecule has 1 aliphatic rings. The SMILES string of the molecule is O=C1c2ccccc2C(=O)N1CCCCCCCc1ccnc(C(Br)Br)c1. The number of alkyl halides is 2. The highest BCUT2D eigenvalue weighted by Crippen LogP contribution is 2.28. The van der Waals surface area contributed by atoms with Gasteiger partial charge in [-0.3, -0.25) is 19.5 Å². The molecule has 0 atom stereocenters. The molecule has 1 aromatic carbocycles. The Kier molecular flexibility index (Phi) is 7.19. The summed E-state index contributed by atoms with van der Waals surface area (Å²) < 4.78 is 0.0899. The summed E-state index contributed by atoms with van der Waals surface area (Å²) in [6, 6.07) is 11.2. The Morgan fingerprint density at radius 3 is 2.19 bits per heavy atom. The van der Waals surface area contributed by atoms with Crippen molar-refractivity contribution in [1.82, 2.24) is 9.88 Å². The van der Waals surface area contributed by atoms with Gasteiger partial charge in [-0.25, -0.2) is 0 Å². The number of imide groups is 1. The van der Waals surface area contributed by atoms with E-state index in [4.69, 9.17) is 0 Å². The Balaban J connectivity index is 1.34. The lowest BCUT2D eigenvalue weighted by atomic mass is 10.1. The van der Waals surface area contributed by atoms with Gasteiger partial charge in [-0.05, 0) is 49.1 Å². The van der Waals surface area contributed by atoms with Gasteiger partial charge in [0.1, 0.15) is 3.74 Å². The maximum atomic E-state index is 12.3. The Morgan fingerprint density at radius 2 is 1.52 bits per heavy atom. The molecule has 0 aliphatic carbocycles. The molecule has 0 saturated heterocycles. The summed E-state index contributed by atoms with van der Waals surface area (Å²) in [6.45, 7) is 0.512. The second-order valence-electron chi connectivity index (χ2n) is 6.71. The number of hydrogen-bond donors (Lipinski definition) is 0. The lowest BCUT2D eigenvalue weighted by Crippen LogP contribution is -2.30. The Morgan fingerprint density at radius 1 is 0.889 bits per heavy atom. The predicted molar refractivity (Wildman–Crippen MR) is 113 cm³/mol. The van der Waals surface area contributed by atoms with Crippen molar-refractivity contribution in [3.05, 3.63) is 65.0 Å². The van der Waals surface area contributed by atoms with Crippen LogP contribution in [0.15, 0.2) is 42.6 Å². The van der Waals surface area contributed by atoms with Crippen LogP contribution in [0.1, 0.15) is 67.8 Å². The van der Waals surface area contributed by atoms with Crippen LogP contribution in [0.2, 0.25) is 0 Å². The van der Waals surface area contributed by atoms with E-state index in [0.29, 0.717) is 17.7 Å². The molecule has 0 spiro atoms. The van der Waals surface area contributed by atoms with Crippen molar-refractivity contribution < 1.29 is 9.59 Å². The number of carbonyl (C=O) groups excluding carboxylic acids is 2. The first kappa shape index (κ1) is 20.2. The van der Waals surface area contributed by atoms with Crippen LogP contribution in [0.25, 0.3) is 0 Å². The standard InChI is InChI=1S/C21H22Br2N2O2/c22-19(23)18-14-15(11-12-24-18)8-4-2-1-3-7-13-25-20(26)16-9-5-6-10-17(16)21(25)27/h5-6,9-12,14,19H,1-4,7-8,13H2. The van der Waals surface area contributed by atoms with Crippen molar-refractivity contribution in [2.45, 2.75) is 42.3 Å². The minimum Gasteiger partial charge on any atom is -0.274 e. The zero-order valence-corrected chi connectivity index (χ0v) is 18.2. The topological polar surface area (TPSA) is 50.3 Å². The maximum absolute atomic E-state index is 12.3. The number of benzene rings is 1. The number of nitrogens with zero attached hydrogens (tertiary/aromatic N) is 2. The fourth-order valence-corrected chi connectivity index (χ4v) is 3.84. The quantitative estimate of drug-likeness (QED) is 0.257. The molecule has 0 fully saturated rings. The smallest absolute Gasteiger partial charge is 0.261 e. The average molecular weight is 494 g/mol. The van der Waals surface area contributed by atoms with Gasteiger partial charge in [0.2, 0.25) is 0 Å². The summed E-state index contributed by atoms with van der Waals surface area (Å²) >= 11 is 6.95. The molecule has 27 heavy (non-hydrogen) atoms. The van der Waals surface area contributed by atoms with E-state index in [-0.39, 0.29) is 15.6 Å². The molecule has 1 aromatic heterocycles. The summed E-state index contributed by atoms with van der Waals surface area (Å²) in [5.41, 5.74) is 3.37. The van der Waals surface area contributed by atoms with E-state index in [1.807, 2.05) is 6.20 Å². The van der Waals surface area contributed by atoms with Gasteiger partial charge in [0, 0.05) is 12.7 Å². The molecule has 2 amide bonds. The molecule has 2 heterocycles. The number of pyridine rings is 1. The van der Waals surface area contributed by atoms with Crippen LogP contribution in [0.5, 0.6) is 0 Å². The van der Waals surface area contributed by atoms with Crippen molar-refractivity contribution in [2.24, 2.45) is 0 Å². The molecule has 3 rings (SSSR count). The number of amides is 2. The third-order valence-corrected chi connectivity index (χ3v) is 5.73. The van der Waals surface area contributed by atoms with E-state index in [9.17, 15) is 9.59 Å². The molecular formula is C21H22Br2N2O2. The second-order valence-corrected chi connectivity index (χ2v) is 9.78.